The highest BCUT2D eigenvalue weighted by atomic mass is 79.9. The van der Waals surface area contributed by atoms with Gasteiger partial charge < -0.3 is 10.1 Å². The van der Waals surface area contributed by atoms with Crippen LogP contribution in [0, 0.1) is 0 Å². The van der Waals surface area contributed by atoms with Gasteiger partial charge in [-0.1, -0.05) is 74.2 Å². The molecule has 7 nitrogen and oxygen atoms in total. The summed E-state index contributed by atoms with van der Waals surface area (Å²) in [6.07, 6.45) is 12.7. The summed E-state index contributed by atoms with van der Waals surface area (Å²) >= 11 is 3.33. The Morgan fingerprint density at radius 1 is 0.833 bits per heavy atom. The van der Waals surface area contributed by atoms with Crippen LogP contribution in [0.1, 0.15) is 87.1 Å². The molecule has 0 bridgehead atoms. The quantitative estimate of drug-likeness (QED) is 0.0849. The number of ether oxygens (including phenoxy) is 1. The Morgan fingerprint density at radius 3 is 2.08 bits per heavy atom. The van der Waals surface area contributed by atoms with Gasteiger partial charge in [0.1, 0.15) is 5.75 Å². The van der Waals surface area contributed by atoms with Crippen LogP contribution >= 0.6 is 15.9 Å². The van der Waals surface area contributed by atoms with Crippen molar-refractivity contribution in [3.63, 3.8) is 0 Å². The molecule has 0 radical (unpaired) electrons. The van der Waals surface area contributed by atoms with E-state index in [0.717, 1.165) is 23.7 Å². The van der Waals surface area contributed by atoms with E-state index in [2.05, 4.69) is 38.7 Å². The van der Waals surface area contributed by atoms with Crippen LogP contribution in [0.5, 0.6) is 5.75 Å². The van der Waals surface area contributed by atoms with Crippen molar-refractivity contribution >= 4 is 39.9 Å². The number of unbranched alkanes of at least 4 members (excludes halogenated alkanes) is 8. The molecule has 0 spiro atoms. The summed E-state index contributed by atoms with van der Waals surface area (Å²) in [5.41, 5.74) is 3.56. The van der Waals surface area contributed by atoms with Gasteiger partial charge in [-0.05, 0) is 60.5 Å². The Kier molecular flexibility index (Phi) is 14.2. The van der Waals surface area contributed by atoms with Gasteiger partial charge in [-0.2, -0.15) is 5.10 Å². The minimum Gasteiger partial charge on any atom is -0.423 e. The number of hydrogen-bond donors (Lipinski definition) is 2. The van der Waals surface area contributed by atoms with Crippen LogP contribution in [-0.4, -0.2) is 30.5 Å². The van der Waals surface area contributed by atoms with E-state index >= 15 is 0 Å². The van der Waals surface area contributed by atoms with Gasteiger partial charge in [0, 0.05) is 10.9 Å². The van der Waals surface area contributed by atoms with E-state index in [1.165, 1.54) is 44.7 Å². The van der Waals surface area contributed by atoms with E-state index in [1.54, 1.807) is 48.5 Å². The average Bonchev–Trinajstić information content (AvgIpc) is 2.88. The molecule has 8 heteroatoms. The first kappa shape index (κ1) is 29.2. The Hall–Kier alpha value is -3.00. The highest BCUT2D eigenvalue weighted by Gasteiger charge is 2.08. The SMILES string of the molecule is CCCCCCCCCCCC(=O)NCC(=O)NN=Cc1ccc(OC(=O)c2ccc(Br)cc2)cc1. The molecule has 194 valence electrons. The molecule has 0 aliphatic rings. The number of nitrogens with zero attached hydrogens (tertiary/aromatic N) is 1. The van der Waals surface area contributed by atoms with Crippen LogP contribution in [0.25, 0.3) is 0 Å². The van der Waals surface area contributed by atoms with Crippen molar-refractivity contribution in [1.82, 2.24) is 10.7 Å². The number of halogens is 1. The smallest absolute Gasteiger partial charge is 0.343 e. The molecule has 0 saturated heterocycles. The summed E-state index contributed by atoms with van der Waals surface area (Å²) in [5.74, 6) is -0.563. The average molecular weight is 559 g/mol. The molecule has 0 aromatic heterocycles. The second kappa shape index (κ2) is 17.4. The molecule has 2 aromatic rings. The van der Waals surface area contributed by atoms with Gasteiger partial charge in [0.2, 0.25) is 5.91 Å². The highest BCUT2D eigenvalue weighted by Crippen LogP contribution is 2.16. The summed E-state index contributed by atoms with van der Waals surface area (Å²) in [7, 11) is 0. The Balaban J connectivity index is 1.58. The standard InChI is InChI=1S/C28H36BrN3O4/c1-2-3-4-5-6-7-8-9-10-11-26(33)30-21-27(34)32-31-20-22-12-18-25(19-13-22)36-28(35)23-14-16-24(29)17-15-23/h12-20H,2-11,21H2,1H3,(H,30,33)(H,32,34). The number of esters is 1. The predicted molar refractivity (Wildman–Crippen MR) is 146 cm³/mol. The van der Waals surface area contributed by atoms with Gasteiger partial charge in [0.25, 0.3) is 5.91 Å². The highest BCUT2D eigenvalue weighted by molar-refractivity contribution is 9.10. The molecule has 0 unspecified atom stereocenters. The van der Waals surface area contributed by atoms with Crippen molar-refractivity contribution in [3.05, 3.63) is 64.1 Å². The molecular formula is C28H36BrN3O4. The molecule has 0 saturated carbocycles. The number of carbonyl (C=O) groups excluding carboxylic acids is 3. The van der Waals surface area contributed by atoms with Gasteiger partial charge >= 0.3 is 5.97 Å². The third-order valence-corrected chi connectivity index (χ3v) is 6.06. The van der Waals surface area contributed by atoms with Gasteiger partial charge in [-0.25, -0.2) is 10.2 Å². The van der Waals surface area contributed by atoms with Crippen molar-refractivity contribution in [3.8, 4) is 5.75 Å². The van der Waals surface area contributed by atoms with E-state index in [9.17, 15) is 14.4 Å². The van der Waals surface area contributed by atoms with E-state index in [0.29, 0.717) is 23.3 Å². The third-order valence-electron chi connectivity index (χ3n) is 5.53. The largest absolute Gasteiger partial charge is 0.423 e. The van der Waals surface area contributed by atoms with Crippen LogP contribution in [0.15, 0.2) is 58.1 Å². The minimum absolute atomic E-state index is 0.113. The van der Waals surface area contributed by atoms with Gasteiger partial charge in [-0.3, -0.25) is 9.59 Å². The summed E-state index contributed by atoms with van der Waals surface area (Å²) in [4.78, 5) is 36.0. The fraction of sp³-hybridized carbons (Fsp3) is 0.429. The summed E-state index contributed by atoms with van der Waals surface area (Å²) in [6, 6.07) is 13.6. The second-order valence-electron chi connectivity index (χ2n) is 8.61. The molecule has 2 rings (SSSR count). The molecule has 0 fully saturated rings. The first-order valence-corrected chi connectivity index (χ1v) is 13.4. The lowest BCUT2D eigenvalue weighted by atomic mass is 10.1. The zero-order chi connectivity index (χ0) is 26.0. The summed E-state index contributed by atoms with van der Waals surface area (Å²) in [6.45, 7) is 2.11. The van der Waals surface area contributed by atoms with E-state index < -0.39 is 11.9 Å². The lowest BCUT2D eigenvalue weighted by Crippen LogP contribution is -2.34. The molecule has 0 aliphatic carbocycles. The van der Waals surface area contributed by atoms with E-state index in [-0.39, 0.29) is 12.5 Å². The number of nitrogens with one attached hydrogen (secondary N) is 2. The van der Waals surface area contributed by atoms with Crippen LogP contribution in [0.3, 0.4) is 0 Å². The number of amides is 2. The fourth-order valence-corrected chi connectivity index (χ4v) is 3.72. The van der Waals surface area contributed by atoms with Crippen molar-refractivity contribution in [2.75, 3.05) is 6.54 Å². The van der Waals surface area contributed by atoms with Gasteiger partial charge in [-0.15, -0.1) is 0 Å². The Labute approximate surface area is 222 Å². The fourth-order valence-electron chi connectivity index (χ4n) is 3.46. The number of benzene rings is 2. The van der Waals surface area contributed by atoms with Crippen molar-refractivity contribution in [2.24, 2.45) is 5.10 Å². The molecule has 36 heavy (non-hydrogen) atoms. The van der Waals surface area contributed by atoms with Crippen molar-refractivity contribution < 1.29 is 19.1 Å². The monoisotopic (exact) mass is 557 g/mol. The number of hydrazone groups is 1. The molecular weight excluding hydrogens is 522 g/mol. The maximum atomic E-state index is 12.2. The molecule has 0 heterocycles. The second-order valence-corrected chi connectivity index (χ2v) is 9.53. The van der Waals surface area contributed by atoms with Gasteiger partial charge in [0.05, 0.1) is 18.3 Å². The maximum Gasteiger partial charge on any atom is 0.343 e. The number of hydrogen-bond acceptors (Lipinski definition) is 5. The lowest BCUT2D eigenvalue weighted by Gasteiger charge is -2.05. The predicted octanol–water partition coefficient (Wildman–Crippen LogP) is 6.16. The van der Waals surface area contributed by atoms with Crippen molar-refractivity contribution in [2.45, 2.75) is 71.1 Å². The molecule has 0 aliphatic heterocycles. The van der Waals surface area contributed by atoms with E-state index in [4.69, 9.17) is 4.74 Å². The summed E-state index contributed by atoms with van der Waals surface area (Å²) < 4.78 is 6.23. The Bertz CT molecular complexity index is 975. The molecule has 2 aromatic carbocycles. The maximum absolute atomic E-state index is 12.2. The lowest BCUT2D eigenvalue weighted by molar-refractivity contribution is -0.126. The molecule has 0 atom stereocenters. The van der Waals surface area contributed by atoms with E-state index in [1.807, 2.05) is 0 Å². The van der Waals surface area contributed by atoms with Crippen LogP contribution < -0.4 is 15.5 Å². The Morgan fingerprint density at radius 2 is 1.44 bits per heavy atom. The van der Waals surface area contributed by atoms with Crippen molar-refractivity contribution in [1.29, 1.82) is 0 Å². The third kappa shape index (κ3) is 12.6. The number of rotatable bonds is 16. The normalized spacial score (nSPS) is 10.8. The topological polar surface area (TPSA) is 96.9 Å². The summed E-state index contributed by atoms with van der Waals surface area (Å²) in [5, 5.41) is 6.52. The number of carbonyl (C=O) groups is 3. The molecule has 2 amide bonds. The van der Waals surface area contributed by atoms with Gasteiger partial charge in [0.15, 0.2) is 0 Å². The van der Waals surface area contributed by atoms with Crippen LogP contribution in [0.4, 0.5) is 0 Å². The first-order chi connectivity index (χ1) is 17.5. The zero-order valence-corrected chi connectivity index (χ0v) is 22.5. The first-order valence-electron chi connectivity index (χ1n) is 12.6. The van der Waals surface area contributed by atoms with Crippen LogP contribution in [-0.2, 0) is 9.59 Å². The minimum atomic E-state index is -0.448. The zero-order valence-electron chi connectivity index (χ0n) is 20.9. The van der Waals surface area contributed by atoms with Crippen LogP contribution in [0.2, 0.25) is 0 Å². The molecule has 2 N–H and O–H groups in total.